The van der Waals surface area contributed by atoms with Crippen molar-refractivity contribution in [2.75, 3.05) is 7.11 Å². The maximum atomic E-state index is 5.13. The molecule has 0 bridgehead atoms. The number of hydrogen-bond donors (Lipinski definition) is 0. The molecule has 0 saturated heterocycles. The number of fused-ring (bicyclic) bond motifs is 1. The van der Waals surface area contributed by atoms with E-state index in [1.807, 2.05) is 55.1 Å². The van der Waals surface area contributed by atoms with Gasteiger partial charge in [0.15, 0.2) is 0 Å². The number of para-hydroxylation sites is 1. The molecule has 0 fully saturated rings. The van der Waals surface area contributed by atoms with Crippen molar-refractivity contribution >= 4 is 11.0 Å². The van der Waals surface area contributed by atoms with Crippen LogP contribution in [0.2, 0.25) is 0 Å². The summed E-state index contributed by atoms with van der Waals surface area (Å²) in [6, 6.07) is 15.7. The monoisotopic (exact) mass is 245 g/mol. The van der Waals surface area contributed by atoms with Gasteiger partial charge in [-0.25, -0.2) is 0 Å². The molecule has 0 amide bonds. The van der Waals surface area contributed by atoms with Crippen LogP contribution in [-0.4, -0.2) is 22.1 Å². The van der Waals surface area contributed by atoms with Crippen LogP contribution in [0, 0.1) is 6.54 Å². The Bertz CT molecular complexity index is 664. The van der Waals surface area contributed by atoms with Gasteiger partial charge in [-0.1, -0.05) is 42.1 Å². The predicted molar refractivity (Wildman–Crippen MR) is 69.3 cm³/mol. The first kappa shape index (κ1) is 13.5. The summed E-state index contributed by atoms with van der Waals surface area (Å²) < 4.78 is 6.90. The van der Waals surface area contributed by atoms with Gasteiger partial charge >= 0.3 is 18.9 Å². The molecule has 19 heavy (non-hydrogen) atoms. The number of ether oxygens (including phenoxy) is 1. The average molecular weight is 245 g/mol. The van der Waals surface area contributed by atoms with Crippen molar-refractivity contribution in [1.82, 2.24) is 15.0 Å². The number of hydrogen-bond acceptors (Lipinski definition) is 3. The standard InChI is InChI=1S/C14H12N3O.Li/c1-18-12-8-6-11(7-9-12)10-17-14-5-3-2-4-13(14)15-16-17;/h2-10H,1H3;/q-1;+1. The van der Waals surface area contributed by atoms with Crippen LogP contribution in [0.3, 0.4) is 0 Å². The first-order chi connectivity index (χ1) is 8.86. The van der Waals surface area contributed by atoms with E-state index in [0.29, 0.717) is 0 Å². The van der Waals surface area contributed by atoms with Gasteiger partial charge in [-0.2, -0.15) is 0 Å². The van der Waals surface area contributed by atoms with E-state index in [1.54, 1.807) is 11.8 Å². The molecule has 0 aliphatic rings. The van der Waals surface area contributed by atoms with Crippen molar-refractivity contribution in [3.8, 4) is 5.75 Å². The summed E-state index contributed by atoms with van der Waals surface area (Å²) in [5, 5.41) is 8.22. The average Bonchev–Trinajstić information content (AvgIpc) is 2.83. The molecule has 4 nitrogen and oxygen atoms in total. The second kappa shape index (κ2) is 5.83. The molecule has 1 heterocycles. The van der Waals surface area contributed by atoms with Gasteiger partial charge in [0.2, 0.25) is 0 Å². The fraction of sp³-hybridized carbons (Fsp3) is 0.0714. The maximum absolute atomic E-state index is 5.13. The minimum atomic E-state index is 0. The van der Waals surface area contributed by atoms with Crippen molar-refractivity contribution in [2.24, 2.45) is 0 Å². The van der Waals surface area contributed by atoms with E-state index in [1.165, 1.54) is 0 Å². The quantitative estimate of drug-likeness (QED) is 0.461. The Morgan fingerprint density at radius 3 is 2.53 bits per heavy atom. The van der Waals surface area contributed by atoms with Crippen molar-refractivity contribution in [3.63, 3.8) is 0 Å². The molecular formula is C14H12LiN3O. The molecule has 0 atom stereocenters. The molecule has 0 saturated carbocycles. The van der Waals surface area contributed by atoms with E-state index >= 15 is 0 Å². The smallest absolute Gasteiger partial charge is 0.498 e. The minimum absolute atomic E-state index is 0. The van der Waals surface area contributed by atoms with E-state index in [0.717, 1.165) is 22.3 Å². The molecule has 0 spiro atoms. The fourth-order valence-corrected chi connectivity index (χ4v) is 1.81. The topological polar surface area (TPSA) is 39.9 Å². The third-order valence-electron chi connectivity index (χ3n) is 2.76. The molecule has 0 unspecified atom stereocenters. The van der Waals surface area contributed by atoms with Gasteiger partial charge in [-0.05, 0) is 6.07 Å². The van der Waals surface area contributed by atoms with Gasteiger partial charge in [0.1, 0.15) is 5.75 Å². The molecule has 3 aromatic rings. The van der Waals surface area contributed by atoms with Crippen LogP contribution >= 0.6 is 0 Å². The SMILES string of the molecule is COc1ccc([CH-]n2nnc3ccccc32)cc1.[Li+]. The van der Waals surface area contributed by atoms with Crippen molar-refractivity contribution < 1.29 is 23.6 Å². The molecule has 2 aromatic carbocycles. The third-order valence-corrected chi connectivity index (χ3v) is 2.76. The normalized spacial score (nSPS) is 9.95. The zero-order chi connectivity index (χ0) is 12.4. The first-order valence-electron chi connectivity index (χ1n) is 5.66. The van der Waals surface area contributed by atoms with E-state index in [2.05, 4.69) is 10.3 Å². The Kier molecular flexibility index (Phi) is 4.15. The van der Waals surface area contributed by atoms with Gasteiger partial charge in [-0.15, -0.1) is 22.8 Å². The number of rotatable bonds is 3. The Hall–Kier alpha value is -1.89. The Balaban J connectivity index is 0.00000133. The van der Waals surface area contributed by atoms with Crippen molar-refractivity contribution in [2.45, 2.75) is 0 Å². The summed E-state index contributed by atoms with van der Waals surface area (Å²) in [5.41, 5.74) is 2.93. The molecule has 0 aliphatic carbocycles. The van der Waals surface area contributed by atoms with E-state index < -0.39 is 0 Å². The summed E-state index contributed by atoms with van der Waals surface area (Å²) in [4.78, 5) is 0. The number of aromatic nitrogens is 3. The first-order valence-corrected chi connectivity index (χ1v) is 5.66. The molecule has 0 aliphatic heterocycles. The van der Waals surface area contributed by atoms with Gasteiger partial charge < -0.3 is 4.74 Å². The van der Waals surface area contributed by atoms with Crippen molar-refractivity contribution in [1.29, 1.82) is 0 Å². The summed E-state index contributed by atoms with van der Waals surface area (Å²) >= 11 is 0. The van der Waals surface area contributed by atoms with Crippen LogP contribution in [0.5, 0.6) is 5.75 Å². The summed E-state index contributed by atoms with van der Waals surface area (Å²) in [6.07, 6.45) is 0. The second-order valence-corrected chi connectivity index (χ2v) is 3.92. The molecule has 1 aromatic heterocycles. The molecule has 0 radical (unpaired) electrons. The molecular weight excluding hydrogens is 233 g/mol. The predicted octanol–water partition coefficient (Wildman–Crippen LogP) is -0.498. The second-order valence-electron chi connectivity index (χ2n) is 3.92. The van der Waals surface area contributed by atoms with Gasteiger partial charge in [0, 0.05) is 5.52 Å². The maximum Gasteiger partial charge on any atom is 1.00 e. The molecule has 5 heteroatoms. The molecule has 90 valence electrons. The summed E-state index contributed by atoms with van der Waals surface area (Å²) in [7, 11) is 1.66. The fourth-order valence-electron chi connectivity index (χ4n) is 1.81. The summed E-state index contributed by atoms with van der Waals surface area (Å²) in [5.74, 6) is 0.843. The van der Waals surface area contributed by atoms with E-state index in [9.17, 15) is 0 Å². The minimum Gasteiger partial charge on any atom is -0.498 e. The van der Waals surface area contributed by atoms with Gasteiger partial charge in [-0.3, -0.25) is 4.68 Å². The largest absolute Gasteiger partial charge is 1.00 e. The van der Waals surface area contributed by atoms with Crippen LogP contribution in [-0.2, 0) is 0 Å². The summed E-state index contributed by atoms with van der Waals surface area (Å²) in [6.45, 7) is 1.94. The third kappa shape index (κ3) is 2.76. The van der Waals surface area contributed by atoms with Crippen LogP contribution in [0.4, 0.5) is 0 Å². The van der Waals surface area contributed by atoms with E-state index in [4.69, 9.17) is 4.74 Å². The van der Waals surface area contributed by atoms with Crippen LogP contribution < -0.4 is 23.6 Å². The molecule has 0 N–H and O–H groups in total. The Labute approximate surface area is 123 Å². The number of benzene rings is 2. The Morgan fingerprint density at radius 2 is 1.79 bits per heavy atom. The van der Waals surface area contributed by atoms with E-state index in [-0.39, 0.29) is 18.9 Å². The number of methoxy groups -OCH3 is 1. The number of nitrogens with zero attached hydrogens (tertiary/aromatic N) is 3. The van der Waals surface area contributed by atoms with Crippen LogP contribution in [0.1, 0.15) is 5.56 Å². The molecule has 3 rings (SSSR count). The van der Waals surface area contributed by atoms with Crippen LogP contribution in [0.15, 0.2) is 48.5 Å². The zero-order valence-corrected chi connectivity index (χ0v) is 10.9. The van der Waals surface area contributed by atoms with Gasteiger partial charge in [0.05, 0.1) is 12.6 Å². The van der Waals surface area contributed by atoms with Gasteiger partial charge in [0.25, 0.3) is 0 Å². The van der Waals surface area contributed by atoms with Crippen LogP contribution in [0.25, 0.3) is 11.0 Å². The van der Waals surface area contributed by atoms with Crippen molar-refractivity contribution in [3.05, 3.63) is 60.6 Å². The Morgan fingerprint density at radius 1 is 1.05 bits per heavy atom. The zero-order valence-electron chi connectivity index (χ0n) is 10.9.